The first-order valence-corrected chi connectivity index (χ1v) is 7.26. The number of aliphatic hydroxyl groups excluding tert-OH is 1. The van der Waals surface area contributed by atoms with Crippen molar-refractivity contribution in [2.45, 2.75) is 19.8 Å². The maximum Gasteiger partial charge on any atom is 0.254 e. The zero-order valence-corrected chi connectivity index (χ0v) is 12.2. The average Bonchev–Trinajstić information content (AvgIpc) is 2.51. The van der Waals surface area contributed by atoms with E-state index in [0.29, 0.717) is 29.4 Å². The second kappa shape index (κ2) is 7.18. The molecule has 112 valence electrons. The largest absolute Gasteiger partial charge is 0.395 e. The van der Waals surface area contributed by atoms with E-state index in [4.69, 9.17) is 5.11 Å². The van der Waals surface area contributed by atoms with Gasteiger partial charge in [0, 0.05) is 24.0 Å². The van der Waals surface area contributed by atoms with Gasteiger partial charge >= 0.3 is 0 Å². The summed E-state index contributed by atoms with van der Waals surface area (Å²) in [5, 5.41) is 10.2. The predicted molar refractivity (Wildman–Crippen MR) is 81.8 cm³/mol. The molecule has 0 saturated carbocycles. The number of aliphatic hydroxyl groups is 1. The Morgan fingerprint density at radius 1 is 1.14 bits per heavy atom. The van der Waals surface area contributed by atoms with Gasteiger partial charge in [0.05, 0.1) is 6.61 Å². The molecule has 0 bridgehead atoms. The van der Waals surface area contributed by atoms with Crippen LogP contribution in [0.2, 0.25) is 0 Å². The lowest BCUT2D eigenvalue weighted by Crippen LogP contribution is -2.34. The molecule has 21 heavy (non-hydrogen) atoms. The number of hydrogen-bond acceptors (Lipinski definition) is 2. The summed E-state index contributed by atoms with van der Waals surface area (Å²) in [4.78, 5) is 14.3. The third-order valence-electron chi connectivity index (χ3n) is 3.54. The highest BCUT2D eigenvalue weighted by atomic mass is 19.1. The summed E-state index contributed by atoms with van der Waals surface area (Å²) < 4.78 is 13.8. The van der Waals surface area contributed by atoms with Gasteiger partial charge in [-0.1, -0.05) is 37.6 Å². The first-order valence-electron chi connectivity index (χ1n) is 7.26. The number of fused-ring (bicyclic) bond motifs is 1. The van der Waals surface area contributed by atoms with Crippen LogP contribution in [0, 0.1) is 5.82 Å². The van der Waals surface area contributed by atoms with Crippen molar-refractivity contribution in [3.05, 3.63) is 47.8 Å². The highest BCUT2D eigenvalue weighted by Gasteiger charge is 2.18. The molecule has 0 fully saturated rings. The lowest BCUT2D eigenvalue weighted by Gasteiger charge is -2.22. The van der Waals surface area contributed by atoms with Gasteiger partial charge in [0.25, 0.3) is 5.91 Å². The molecule has 0 atom stereocenters. The van der Waals surface area contributed by atoms with Crippen molar-refractivity contribution in [1.29, 1.82) is 0 Å². The maximum absolute atomic E-state index is 13.8. The van der Waals surface area contributed by atoms with Gasteiger partial charge in [-0.3, -0.25) is 4.79 Å². The second-order valence-corrected chi connectivity index (χ2v) is 5.01. The SMILES string of the molecule is CCCCN(CCO)C(=O)c1ccc(F)c2ccccc12. The Morgan fingerprint density at radius 2 is 1.86 bits per heavy atom. The quantitative estimate of drug-likeness (QED) is 0.887. The summed E-state index contributed by atoms with van der Waals surface area (Å²) in [5.74, 6) is -0.488. The van der Waals surface area contributed by atoms with Gasteiger partial charge in [-0.25, -0.2) is 4.39 Å². The van der Waals surface area contributed by atoms with Crippen molar-refractivity contribution in [2.24, 2.45) is 0 Å². The van der Waals surface area contributed by atoms with E-state index < -0.39 is 0 Å². The van der Waals surface area contributed by atoms with E-state index in [-0.39, 0.29) is 18.3 Å². The van der Waals surface area contributed by atoms with Crippen LogP contribution in [0.1, 0.15) is 30.1 Å². The van der Waals surface area contributed by atoms with Crippen LogP contribution in [0.3, 0.4) is 0 Å². The molecule has 0 aromatic heterocycles. The van der Waals surface area contributed by atoms with Crippen LogP contribution < -0.4 is 0 Å². The van der Waals surface area contributed by atoms with Crippen molar-refractivity contribution >= 4 is 16.7 Å². The fourth-order valence-electron chi connectivity index (χ4n) is 2.40. The van der Waals surface area contributed by atoms with Gasteiger partial charge in [0.15, 0.2) is 0 Å². The Balaban J connectivity index is 2.39. The van der Waals surface area contributed by atoms with Gasteiger partial charge < -0.3 is 10.0 Å². The van der Waals surface area contributed by atoms with Gasteiger partial charge in [-0.05, 0) is 23.9 Å². The zero-order chi connectivity index (χ0) is 15.2. The number of amides is 1. The Morgan fingerprint density at radius 3 is 2.52 bits per heavy atom. The topological polar surface area (TPSA) is 40.5 Å². The van der Waals surface area contributed by atoms with E-state index in [9.17, 15) is 9.18 Å². The molecule has 2 aromatic rings. The van der Waals surface area contributed by atoms with E-state index in [1.807, 2.05) is 0 Å². The predicted octanol–water partition coefficient (Wildman–Crippen LogP) is 3.21. The highest BCUT2D eigenvalue weighted by molar-refractivity contribution is 6.07. The first kappa shape index (κ1) is 15.4. The van der Waals surface area contributed by atoms with Crippen LogP contribution in [-0.2, 0) is 0 Å². The molecule has 4 heteroatoms. The van der Waals surface area contributed by atoms with Gasteiger partial charge in [0.1, 0.15) is 5.82 Å². The highest BCUT2D eigenvalue weighted by Crippen LogP contribution is 2.23. The third-order valence-corrected chi connectivity index (χ3v) is 3.54. The van der Waals surface area contributed by atoms with Crippen LogP contribution >= 0.6 is 0 Å². The summed E-state index contributed by atoms with van der Waals surface area (Å²) in [7, 11) is 0. The third kappa shape index (κ3) is 3.39. The van der Waals surface area contributed by atoms with Crippen LogP contribution in [0.4, 0.5) is 4.39 Å². The Hall–Kier alpha value is -1.94. The van der Waals surface area contributed by atoms with Crippen LogP contribution in [0.5, 0.6) is 0 Å². The summed E-state index contributed by atoms with van der Waals surface area (Å²) in [6, 6.07) is 9.82. The molecule has 0 heterocycles. The lowest BCUT2D eigenvalue weighted by molar-refractivity contribution is 0.0721. The minimum Gasteiger partial charge on any atom is -0.395 e. The van der Waals surface area contributed by atoms with Gasteiger partial charge in [0.2, 0.25) is 0 Å². The molecule has 0 aliphatic rings. The minimum atomic E-state index is -0.329. The molecule has 0 unspecified atom stereocenters. The van der Waals surface area contributed by atoms with Crippen LogP contribution in [-0.4, -0.2) is 35.6 Å². The standard InChI is InChI=1S/C17H20FNO2/c1-2-3-10-19(11-12-20)17(21)15-8-9-16(18)14-7-5-4-6-13(14)15/h4-9,20H,2-3,10-12H2,1H3. The number of carbonyl (C=O) groups excluding carboxylic acids is 1. The summed E-state index contributed by atoms with van der Waals surface area (Å²) in [6.45, 7) is 2.87. The van der Waals surface area contributed by atoms with Crippen LogP contribution in [0.25, 0.3) is 10.8 Å². The van der Waals surface area contributed by atoms with E-state index >= 15 is 0 Å². The van der Waals surface area contributed by atoms with Crippen molar-refractivity contribution in [1.82, 2.24) is 4.90 Å². The normalized spacial score (nSPS) is 10.8. The molecule has 1 N–H and O–H groups in total. The molecule has 0 aliphatic heterocycles. The molecule has 0 aliphatic carbocycles. The number of nitrogens with zero attached hydrogens (tertiary/aromatic N) is 1. The average molecular weight is 289 g/mol. The van der Waals surface area contributed by atoms with Crippen LogP contribution in [0.15, 0.2) is 36.4 Å². The molecule has 0 radical (unpaired) electrons. The van der Waals surface area contributed by atoms with E-state index in [0.717, 1.165) is 12.8 Å². The monoisotopic (exact) mass is 289 g/mol. The van der Waals surface area contributed by atoms with Crippen molar-refractivity contribution in [3.8, 4) is 0 Å². The summed E-state index contributed by atoms with van der Waals surface area (Å²) in [5.41, 5.74) is 0.483. The molecule has 1 amide bonds. The van der Waals surface area contributed by atoms with E-state index in [2.05, 4.69) is 6.92 Å². The fourth-order valence-corrected chi connectivity index (χ4v) is 2.40. The molecule has 3 nitrogen and oxygen atoms in total. The van der Waals surface area contributed by atoms with Crippen molar-refractivity contribution in [2.75, 3.05) is 19.7 Å². The summed E-state index contributed by atoms with van der Waals surface area (Å²) >= 11 is 0. The number of rotatable bonds is 6. The van der Waals surface area contributed by atoms with E-state index in [1.54, 1.807) is 29.2 Å². The summed E-state index contributed by atoms with van der Waals surface area (Å²) in [6.07, 6.45) is 1.85. The molecular weight excluding hydrogens is 269 g/mol. The zero-order valence-electron chi connectivity index (χ0n) is 12.2. The minimum absolute atomic E-state index is 0.0748. The molecule has 0 saturated heterocycles. The second-order valence-electron chi connectivity index (χ2n) is 5.01. The number of hydrogen-bond donors (Lipinski definition) is 1. The number of unbranched alkanes of at least 4 members (excludes halogenated alkanes) is 1. The maximum atomic E-state index is 13.8. The van der Waals surface area contributed by atoms with Gasteiger partial charge in [-0.2, -0.15) is 0 Å². The van der Waals surface area contributed by atoms with Gasteiger partial charge in [-0.15, -0.1) is 0 Å². The number of carbonyl (C=O) groups is 1. The molecular formula is C17H20FNO2. The fraction of sp³-hybridized carbons (Fsp3) is 0.353. The Kier molecular flexibility index (Phi) is 5.28. The molecule has 2 aromatic carbocycles. The van der Waals surface area contributed by atoms with E-state index in [1.165, 1.54) is 12.1 Å². The lowest BCUT2D eigenvalue weighted by atomic mass is 10.0. The Bertz CT molecular complexity index is 627. The van der Waals surface area contributed by atoms with Crippen molar-refractivity contribution in [3.63, 3.8) is 0 Å². The smallest absolute Gasteiger partial charge is 0.254 e. The molecule has 2 rings (SSSR count). The Labute approximate surface area is 124 Å². The molecule has 0 spiro atoms. The van der Waals surface area contributed by atoms with Crippen molar-refractivity contribution < 1.29 is 14.3 Å². The first-order chi connectivity index (χ1) is 10.2. The number of benzene rings is 2. The number of halogens is 1.